The van der Waals surface area contributed by atoms with Crippen molar-refractivity contribution in [2.75, 3.05) is 5.75 Å². The third-order valence-corrected chi connectivity index (χ3v) is 6.55. The second-order valence-electron chi connectivity index (χ2n) is 7.97. The van der Waals surface area contributed by atoms with E-state index < -0.39 is 39.7 Å². The number of nitro groups is 1. The van der Waals surface area contributed by atoms with Gasteiger partial charge in [-0.1, -0.05) is 19.6 Å². The van der Waals surface area contributed by atoms with Gasteiger partial charge in [0.05, 0.1) is 4.92 Å². The molecule has 2 aliphatic rings. The van der Waals surface area contributed by atoms with E-state index in [0.29, 0.717) is 0 Å². The number of nitrogens with one attached hydrogen (secondary N) is 1. The second-order valence-corrected chi connectivity index (χ2v) is 9.07. The van der Waals surface area contributed by atoms with Crippen LogP contribution in [-0.4, -0.2) is 56.2 Å². The van der Waals surface area contributed by atoms with Crippen LogP contribution in [0.5, 0.6) is 0 Å². The number of ketones is 1. The minimum Gasteiger partial charge on any atom is -0.451 e. The SMILES string of the molecule is C=CC(C)(C)OC(=O)C1=C(C(=O)CC)CS[C@@H]2C(NC(=O)c3cccc([N+](=O)[O-])c3)C(=O)N12. The number of ether oxygens (including phenoxy) is 1. The van der Waals surface area contributed by atoms with Crippen LogP contribution in [0.4, 0.5) is 5.69 Å². The van der Waals surface area contributed by atoms with Gasteiger partial charge < -0.3 is 10.1 Å². The van der Waals surface area contributed by atoms with E-state index in [1.165, 1.54) is 40.9 Å². The molecule has 174 valence electrons. The van der Waals surface area contributed by atoms with Gasteiger partial charge in [0.1, 0.15) is 22.7 Å². The van der Waals surface area contributed by atoms with Crippen LogP contribution in [0.3, 0.4) is 0 Å². The third kappa shape index (κ3) is 4.68. The van der Waals surface area contributed by atoms with E-state index in [1.54, 1.807) is 20.8 Å². The van der Waals surface area contributed by atoms with Crippen molar-refractivity contribution in [3.63, 3.8) is 0 Å². The number of hydrogen-bond acceptors (Lipinski definition) is 8. The molecule has 11 heteroatoms. The molecule has 1 aromatic rings. The van der Waals surface area contributed by atoms with Gasteiger partial charge in [-0.05, 0) is 26.0 Å². The van der Waals surface area contributed by atoms with E-state index in [-0.39, 0.29) is 40.5 Å². The summed E-state index contributed by atoms with van der Waals surface area (Å²) in [5.41, 5.74) is -1.17. The molecule has 1 saturated heterocycles. The maximum atomic E-state index is 13.0. The highest BCUT2D eigenvalue weighted by atomic mass is 32.2. The number of esters is 1. The number of benzene rings is 1. The lowest BCUT2D eigenvalue weighted by molar-refractivity contribution is -0.384. The Morgan fingerprint density at radius 1 is 1.39 bits per heavy atom. The molecule has 1 unspecified atom stereocenters. The number of Topliss-reactive ketones (excluding diaryl/α,β-unsaturated/α-hetero) is 1. The van der Waals surface area contributed by atoms with Crippen LogP contribution in [0.25, 0.3) is 0 Å². The molecule has 0 bridgehead atoms. The predicted molar refractivity (Wildman–Crippen MR) is 120 cm³/mol. The van der Waals surface area contributed by atoms with Crippen molar-refractivity contribution in [2.24, 2.45) is 0 Å². The molecule has 0 aliphatic carbocycles. The van der Waals surface area contributed by atoms with E-state index in [4.69, 9.17) is 4.74 Å². The molecule has 2 amide bonds. The first kappa shape index (κ1) is 24.2. The Morgan fingerprint density at radius 2 is 2.09 bits per heavy atom. The minimum atomic E-state index is -1.02. The number of hydrogen-bond donors (Lipinski definition) is 1. The zero-order chi connectivity index (χ0) is 24.5. The summed E-state index contributed by atoms with van der Waals surface area (Å²) in [4.78, 5) is 62.5. The number of amides is 2. The average molecular weight is 474 g/mol. The van der Waals surface area contributed by atoms with Crippen LogP contribution in [0.2, 0.25) is 0 Å². The molecule has 1 aromatic carbocycles. The molecule has 0 aromatic heterocycles. The summed E-state index contributed by atoms with van der Waals surface area (Å²) in [6.07, 6.45) is 1.58. The Balaban J connectivity index is 1.85. The van der Waals surface area contributed by atoms with Crippen molar-refractivity contribution in [1.29, 1.82) is 0 Å². The van der Waals surface area contributed by atoms with E-state index in [1.807, 2.05) is 0 Å². The number of fused-ring (bicyclic) bond motifs is 1. The molecule has 10 nitrogen and oxygen atoms in total. The number of β-lactam (4-membered cyclic amide) rings is 1. The van der Waals surface area contributed by atoms with E-state index >= 15 is 0 Å². The van der Waals surface area contributed by atoms with E-state index in [0.717, 1.165) is 6.07 Å². The molecule has 1 N–H and O–H groups in total. The van der Waals surface area contributed by atoms with Crippen molar-refractivity contribution in [1.82, 2.24) is 10.2 Å². The smallest absolute Gasteiger partial charge is 0.356 e. The number of non-ortho nitro benzene ring substituents is 1. The zero-order valence-corrected chi connectivity index (χ0v) is 19.1. The fourth-order valence-corrected chi connectivity index (χ4v) is 4.72. The summed E-state index contributed by atoms with van der Waals surface area (Å²) in [5.74, 6) is -2.16. The molecule has 2 aliphatic heterocycles. The summed E-state index contributed by atoms with van der Waals surface area (Å²) < 4.78 is 5.45. The molecule has 0 spiro atoms. The highest BCUT2D eigenvalue weighted by Gasteiger charge is 2.55. The lowest BCUT2D eigenvalue weighted by Gasteiger charge is -2.49. The Morgan fingerprint density at radius 3 is 2.70 bits per heavy atom. The lowest BCUT2D eigenvalue weighted by atomic mass is 9.99. The first-order valence-corrected chi connectivity index (χ1v) is 11.2. The summed E-state index contributed by atoms with van der Waals surface area (Å²) in [6.45, 7) is 8.52. The van der Waals surface area contributed by atoms with Gasteiger partial charge in [0.25, 0.3) is 17.5 Å². The maximum Gasteiger partial charge on any atom is 0.356 e. The van der Waals surface area contributed by atoms with Crippen LogP contribution in [-0.2, 0) is 19.1 Å². The lowest BCUT2D eigenvalue weighted by Crippen LogP contribution is -2.70. The van der Waals surface area contributed by atoms with E-state index in [9.17, 15) is 29.3 Å². The van der Waals surface area contributed by atoms with E-state index in [2.05, 4.69) is 11.9 Å². The van der Waals surface area contributed by atoms with Crippen LogP contribution < -0.4 is 5.32 Å². The van der Waals surface area contributed by atoms with Crippen molar-refractivity contribution >= 4 is 41.0 Å². The quantitative estimate of drug-likeness (QED) is 0.200. The van der Waals surface area contributed by atoms with Gasteiger partial charge in [0, 0.05) is 35.4 Å². The topological polar surface area (TPSA) is 136 Å². The normalized spacial score (nSPS) is 19.8. The fourth-order valence-electron chi connectivity index (χ4n) is 3.35. The number of nitrogens with zero attached hydrogens (tertiary/aromatic N) is 2. The summed E-state index contributed by atoms with van der Waals surface area (Å²) in [7, 11) is 0. The zero-order valence-electron chi connectivity index (χ0n) is 18.3. The first-order chi connectivity index (χ1) is 15.5. The minimum absolute atomic E-state index is 0.0287. The standard InChI is InChI=1S/C22H23N3O7S/c1-5-15(26)14-11-33-20-16(23-18(27)12-8-7-9-13(10-12)25(30)31)19(28)24(20)17(14)21(29)32-22(3,4)6-2/h6-10,16,20H,2,5,11H2,1,3-4H3,(H,23,27)/t16?,20-/m1/s1. The molecular weight excluding hydrogens is 450 g/mol. The molecule has 2 heterocycles. The first-order valence-electron chi connectivity index (χ1n) is 10.1. The van der Waals surface area contributed by atoms with Crippen LogP contribution in [0.1, 0.15) is 37.6 Å². The molecule has 3 rings (SSSR count). The van der Waals surface area contributed by atoms with Gasteiger partial charge in [0.15, 0.2) is 5.78 Å². The number of nitro benzene ring substituents is 1. The van der Waals surface area contributed by atoms with Gasteiger partial charge in [-0.3, -0.25) is 29.4 Å². The number of thioether (sulfide) groups is 1. The monoisotopic (exact) mass is 473 g/mol. The van der Waals surface area contributed by atoms with Crippen LogP contribution in [0.15, 0.2) is 48.2 Å². The number of carbonyl (C=O) groups excluding carboxylic acids is 4. The average Bonchev–Trinajstić information content (AvgIpc) is 2.80. The molecule has 33 heavy (non-hydrogen) atoms. The third-order valence-electron chi connectivity index (χ3n) is 5.27. The Kier molecular flexibility index (Phi) is 6.73. The Labute approximate surface area is 194 Å². The van der Waals surface area contributed by atoms with Gasteiger partial charge in [0.2, 0.25) is 0 Å². The Bertz CT molecular complexity index is 1100. The van der Waals surface area contributed by atoms with Crippen molar-refractivity contribution in [3.8, 4) is 0 Å². The summed E-state index contributed by atoms with van der Waals surface area (Å²) in [6, 6.07) is 4.18. The van der Waals surface area contributed by atoms with Crippen molar-refractivity contribution in [3.05, 3.63) is 63.9 Å². The molecule has 0 radical (unpaired) electrons. The summed E-state index contributed by atoms with van der Waals surface area (Å²) in [5, 5.41) is 12.9. The van der Waals surface area contributed by atoms with Gasteiger partial charge in [-0.2, -0.15) is 0 Å². The van der Waals surface area contributed by atoms with Crippen molar-refractivity contribution in [2.45, 2.75) is 44.2 Å². The van der Waals surface area contributed by atoms with Crippen molar-refractivity contribution < 1.29 is 28.8 Å². The molecule has 0 saturated carbocycles. The molecular formula is C22H23N3O7S. The van der Waals surface area contributed by atoms with Crippen LogP contribution in [0, 0.1) is 10.1 Å². The highest BCUT2D eigenvalue weighted by molar-refractivity contribution is 8.00. The fraction of sp³-hybridized carbons (Fsp3) is 0.364. The summed E-state index contributed by atoms with van der Waals surface area (Å²) >= 11 is 1.24. The van der Waals surface area contributed by atoms with Gasteiger partial charge in [-0.15, -0.1) is 11.8 Å². The van der Waals surface area contributed by atoms with Gasteiger partial charge >= 0.3 is 5.97 Å². The number of rotatable bonds is 8. The van der Waals surface area contributed by atoms with Gasteiger partial charge in [-0.25, -0.2) is 4.79 Å². The van der Waals surface area contributed by atoms with Crippen LogP contribution >= 0.6 is 11.8 Å². The molecule has 1 fully saturated rings. The predicted octanol–water partition coefficient (Wildman–Crippen LogP) is 2.35. The second kappa shape index (κ2) is 9.18. The molecule has 2 atom stereocenters. The Hall–Kier alpha value is -3.47. The highest BCUT2D eigenvalue weighted by Crippen LogP contribution is 2.41. The number of carbonyl (C=O) groups is 4. The maximum absolute atomic E-state index is 13.0. The largest absolute Gasteiger partial charge is 0.451 e.